The Balaban J connectivity index is 1.88. The minimum Gasteiger partial charge on any atom is -0.433 e. The lowest BCUT2D eigenvalue weighted by Crippen LogP contribution is -2.39. The van der Waals surface area contributed by atoms with Crippen LogP contribution in [0.15, 0.2) is 42.5 Å². The molecular formula is C17H23NO4. The SMILES string of the molecule is C=C(C)C(=O)OC(C)OCCC1(c2ccccc2)NCCO1. The fourth-order valence-corrected chi connectivity index (χ4v) is 2.38. The van der Waals surface area contributed by atoms with E-state index in [1.54, 1.807) is 13.8 Å². The molecule has 1 aliphatic heterocycles. The molecule has 0 spiro atoms. The summed E-state index contributed by atoms with van der Waals surface area (Å²) in [5, 5.41) is 3.40. The van der Waals surface area contributed by atoms with Gasteiger partial charge in [0.05, 0.1) is 13.2 Å². The summed E-state index contributed by atoms with van der Waals surface area (Å²) in [6.07, 6.45) is 0.0184. The van der Waals surface area contributed by atoms with E-state index in [4.69, 9.17) is 14.2 Å². The van der Waals surface area contributed by atoms with Crippen LogP contribution in [0.2, 0.25) is 0 Å². The summed E-state index contributed by atoms with van der Waals surface area (Å²) < 4.78 is 16.6. The van der Waals surface area contributed by atoms with Crippen LogP contribution in [0.3, 0.4) is 0 Å². The molecule has 1 fully saturated rings. The second kappa shape index (κ2) is 7.54. The molecule has 0 radical (unpaired) electrons. The first-order valence-electron chi connectivity index (χ1n) is 7.46. The summed E-state index contributed by atoms with van der Waals surface area (Å²) in [6, 6.07) is 10.0. The number of benzene rings is 1. The molecule has 5 heteroatoms. The van der Waals surface area contributed by atoms with Gasteiger partial charge in [-0.3, -0.25) is 5.32 Å². The lowest BCUT2D eigenvalue weighted by atomic mass is 10.00. The number of carbonyl (C=O) groups is 1. The molecule has 2 rings (SSSR count). The third kappa shape index (κ3) is 4.16. The monoisotopic (exact) mass is 305 g/mol. The number of esters is 1. The van der Waals surface area contributed by atoms with Crippen molar-refractivity contribution in [2.24, 2.45) is 0 Å². The summed E-state index contributed by atoms with van der Waals surface area (Å²) >= 11 is 0. The van der Waals surface area contributed by atoms with E-state index in [0.29, 0.717) is 25.2 Å². The third-order valence-electron chi connectivity index (χ3n) is 3.53. The quantitative estimate of drug-likeness (QED) is 0.476. The van der Waals surface area contributed by atoms with Crippen molar-refractivity contribution < 1.29 is 19.0 Å². The normalized spacial score (nSPS) is 22.3. The minimum absolute atomic E-state index is 0.358. The van der Waals surface area contributed by atoms with Gasteiger partial charge >= 0.3 is 5.97 Å². The van der Waals surface area contributed by atoms with Gasteiger partial charge in [-0.1, -0.05) is 36.9 Å². The fourth-order valence-electron chi connectivity index (χ4n) is 2.38. The molecule has 1 aromatic carbocycles. The number of hydrogen-bond donors (Lipinski definition) is 1. The molecule has 1 N–H and O–H groups in total. The van der Waals surface area contributed by atoms with Crippen LogP contribution in [0.25, 0.3) is 0 Å². The van der Waals surface area contributed by atoms with Crippen molar-refractivity contribution in [3.05, 3.63) is 48.0 Å². The molecule has 5 nitrogen and oxygen atoms in total. The van der Waals surface area contributed by atoms with Crippen LogP contribution in [0.5, 0.6) is 0 Å². The van der Waals surface area contributed by atoms with E-state index in [-0.39, 0.29) is 0 Å². The Bertz CT molecular complexity index is 509. The number of rotatable bonds is 7. The van der Waals surface area contributed by atoms with E-state index < -0.39 is 18.0 Å². The van der Waals surface area contributed by atoms with Crippen LogP contribution in [0.1, 0.15) is 25.8 Å². The van der Waals surface area contributed by atoms with Gasteiger partial charge < -0.3 is 14.2 Å². The Morgan fingerprint density at radius 2 is 2.18 bits per heavy atom. The molecule has 0 aliphatic carbocycles. The van der Waals surface area contributed by atoms with Gasteiger partial charge in [-0.2, -0.15) is 0 Å². The average Bonchev–Trinajstić information content (AvgIpc) is 2.98. The molecule has 1 saturated heterocycles. The lowest BCUT2D eigenvalue weighted by molar-refractivity contribution is -0.173. The van der Waals surface area contributed by atoms with Crippen LogP contribution in [0.4, 0.5) is 0 Å². The minimum atomic E-state index is -0.613. The van der Waals surface area contributed by atoms with Crippen LogP contribution < -0.4 is 5.32 Å². The molecule has 2 atom stereocenters. The summed E-state index contributed by atoms with van der Waals surface area (Å²) in [7, 11) is 0. The zero-order valence-electron chi connectivity index (χ0n) is 13.1. The molecule has 1 aliphatic rings. The fraction of sp³-hybridized carbons (Fsp3) is 0.471. The second-order valence-corrected chi connectivity index (χ2v) is 5.34. The Morgan fingerprint density at radius 3 is 2.77 bits per heavy atom. The number of nitrogens with one attached hydrogen (secondary N) is 1. The zero-order chi connectivity index (χ0) is 16.0. The predicted molar refractivity (Wildman–Crippen MR) is 83.0 cm³/mol. The van der Waals surface area contributed by atoms with E-state index >= 15 is 0 Å². The third-order valence-corrected chi connectivity index (χ3v) is 3.53. The molecule has 0 saturated carbocycles. The lowest BCUT2D eigenvalue weighted by Gasteiger charge is -2.29. The molecule has 0 amide bonds. The maximum Gasteiger partial charge on any atom is 0.335 e. The topological polar surface area (TPSA) is 56.8 Å². The van der Waals surface area contributed by atoms with Crippen molar-refractivity contribution in [1.29, 1.82) is 0 Å². The van der Waals surface area contributed by atoms with Crippen molar-refractivity contribution in [2.75, 3.05) is 19.8 Å². The van der Waals surface area contributed by atoms with Crippen molar-refractivity contribution >= 4 is 5.97 Å². The first-order valence-corrected chi connectivity index (χ1v) is 7.46. The molecule has 1 heterocycles. The summed E-state index contributed by atoms with van der Waals surface area (Å²) in [5.41, 5.74) is 0.902. The van der Waals surface area contributed by atoms with Crippen LogP contribution >= 0.6 is 0 Å². The largest absolute Gasteiger partial charge is 0.433 e. The molecular weight excluding hydrogens is 282 g/mol. The molecule has 120 valence electrons. The highest BCUT2D eigenvalue weighted by Crippen LogP contribution is 2.29. The van der Waals surface area contributed by atoms with Gasteiger partial charge in [0, 0.05) is 18.5 Å². The van der Waals surface area contributed by atoms with Gasteiger partial charge in [-0.25, -0.2) is 4.79 Å². The standard InChI is InChI=1S/C17H23NO4/c1-13(2)16(19)22-14(3)20-11-9-17(18-10-12-21-17)15-7-5-4-6-8-15/h4-8,14,18H,1,9-12H2,2-3H3. The maximum atomic E-state index is 11.4. The summed E-state index contributed by atoms with van der Waals surface area (Å²) in [4.78, 5) is 11.4. The smallest absolute Gasteiger partial charge is 0.335 e. The van der Waals surface area contributed by atoms with Crippen LogP contribution in [-0.4, -0.2) is 32.0 Å². The van der Waals surface area contributed by atoms with Gasteiger partial charge in [0.2, 0.25) is 0 Å². The van der Waals surface area contributed by atoms with Crippen molar-refractivity contribution in [1.82, 2.24) is 5.32 Å². The molecule has 22 heavy (non-hydrogen) atoms. The number of carbonyl (C=O) groups excluding carboxylic acids is 1. The van der Waals surface area contributed by atoms with Gasteiger partial charge in [0.1, 0.15) is 5.72 Å². The Kier molecular flexibility index (Phi) is 5.71. The average molecular weight is 305 g/mol. The maximum absolute atomic E-state index is 11.4. The molecule has 1 aromatic rings. The highest BCUT2D eigenvalue weighted by molar-refractivity contribution is 5.86. The first-order chi connectivity index (χ1) is 10.5. The predicted octanol–water partition coefficient (Wildman–Crippen LogP) is 2.33. The molecule has 2 unspecified atom stereocenters. The van der Waals surface area contributed by atoms with Gasteiger partial charge in [-0.15, -0.1) is 0 Å². The van der Waals surface area contributed by atoms with E-state index in [1.807, 2.05) is 30.3 Å². The molecule has 0 aromatic heterocycles. The van der Waals surface area contributed by atoms with Crippen molar-refractivity contribution in [3.63, 3.8) is 0 Å². The van der Waals surface area contributed by atoms with E-state index in [1.165, 1.54) is 0 Å². The van der Waals surface area contributed by atoms with Crippen molar-refractivity contribution in [2.45, 2.75) is 32.3 Å². The summed E-state index contributed by atoms with van der Waals surface area (Å²) in [5.74, 6) is -0.444. The molecule has 0 bridgehead atoms. The number of ether oxygens (including phenoxy) is 3. The van der Waals surface area contributed by atoms with E-state index in [2.05, 4.69) is 11.9 Å². The van der Waals surface area contributed by atoms with E-state index in [9.17, 15) is 4.79 Å². The Morgan fingerprint density at radius 1 is 1.45 bits per heavy atom. The Hall–Kier alpha value is -1.69. The van der Waals surface area contributed by atoms with Gasteiger partial charge in [0.15, 0.2) is 6.29 Å². The highest BCUT2D eigenvalue weighted by Gasteiger charge is 2.36. The van der Waals surface area contributed by atoms with Crippen molar-refractivity contribution in [3.8, 4) is 0 Å². The van der Waals surface area contributed by atoms with Gasteiger partial charge in [-0.05, 0) is 19.4 Å². The van der Waals surface area contributed by atoms with Gasteiger partial charge in [0.25, 0.3) is 0 Å². The Labute approximate surface area is 131 Å². The van der Waals surface area contributed by atoms with E-state index in [0.717, 1.165) is 12.1 Å². The van der Waals surface area contributed by atoms with Crippen LogP contribution in [0, 0.1) is 0 Å². The second-order valence-electron chi connectivity index (χ2n) is 5.34. The number of hydrogen-bond acceptors (Lipinski definition) is 5. The first kappa shape index (κ1) is 16.7. The van der Waals surface area contributed by atoms with Crippen LogP contribution in [-0.2, 0) is 24.7 Å². The summed E-state index contributed by atoms with van der Waals surface area (Å²) in [6.45, 7) is 8.71. The zero-order valence-corrected chi connectivity index (χ0v) is 13.1. The highest BCUT2D eigenvalue weighted by atomic mass is 16.7.